The Morgan fingerprint density at radius 2 is 2.06 bits per heavy atom. The zero-order chi connectivity index (χ0) is 22.9. The average Bonchev–Trinajstić information content (AvgIpc) is 3.56. The van der Waals surface area contributed by atoms with Crippen LogP contribution in [0.1, 0.15) is 54.5 Å². The van der Waals surface area contributed by atoms with E-state index in [4.69, 9.17) is 14.8 Å². The number of fused-ring (bicyclic) bond motifs is 1. The van der Waals surface area contributed by atoms with Gasteiger partial charge in [-0.05, 0) is 56.3 Å². The van der Waals surface area contributed by atoms with Crippen LogP contribution in [0.2, 0.25) is 0 Å². The van der Waals surface area contributed by atoms with Crippen molar-refractivity contribution in [1.29, 1.82) is 0 Å². The largest absolute Gasteiger partial charge is 0.383 e. The molecule has 1 aliphatic rings. The number of aryl methyl sites for hydroxylation is 1. The van der Waals surface area contributed by atoms with Crippen molar-refractivity contribution < 1.29 is 4.74 Å². The Morgan fingerprint density at radius 3 is 2.82 bits per heavy atom. The van der Waals surface area contributed by atoms with E-state index in [1.807, 2.05) is 10.7 Å². The topological polar surface area (TPSA) is 84.2 Å². The normalized spacial score (nSPS) is 15.8. The quantitative estimate of drug-likeness (QED) is 0.433. The number of ether oxygens (including phenoxy) is 1. The van der Waals surface area contributed by atoms with Crippen LogP contribution in [0.5, 0.6) is 0 Å². The zero-order valence-electron chi connectivity index (χ0n) is 19.7. The van der Waals surface area contributed by atoms with Crippen molar-refractivity contribution in [3.63, 3.8) is 0 Å². The molecule has 0 unspecified atom stereocenters. The van der Waals surface area contributed by atoms with Gasteiger partial charge in [0.1, 0.15) is 11.3 Å². The van der Waals surface area contributed by atoms with E-state index in [0.29, 0.717) is 11.8 Å². The number of H-pyrrole nitrogens is 1. The first-order chi connectivity index (χ1) is 16.0. The molecule has 5 rings (SSSR count). The predicted octanol–water partition coefficient (Wildman–Crippen LogP) is 4.50. The van der Waals surface area contributed by atoms with E-state index < -0.39 is 0 Å². The predicted molar refractivity (Wildman–Crippen MR) is 131 cm³/mol. The number of likely N-dealkylation sites (tertiary alicyclic amines) is 1. The van der Waals surface area contributed by atoms with Gasteiger partial charge in [0.15, 0.2) is 5.65 Å². The van der Waals surface area contributed by atoms with Crippen LogP contribution in [0.3, 0.4) is 0 Å². The van der Waals surface area contributed by atoms with Crippen LogP contribution in [-0.2, 0) is 4.74 Å². The van der Waals surface area contributed by atoms with E-state index in [2.05, 4.69) is 53.1 Å². The third kappa shape index (κ3) is 4.32. The third-order valence-electron chi connectivity index (χ3n) is 6.55. The number of rotatable bonds is 7. The van der Waals surface area contributed by atoms with Crippen LogP contribution < -0.4 is 0 Å². The Labute approximate surface area is 198 Å². The molecule has 8 nitrogen and oxygen atoms in total. The molecule has 1 fully saturated rings. The summed E-state index contributed by atoms with van der Waals surface area (Å²) in [5.41, 5.74) is 6.19. The zero-order valence-corrected chi connectivity index (χ0v) is 20.5. The number of aromatic amines is 1. The number of nitrogens with zero attached hydrogens (tertiary/aromatic N) is 6. The minimum Gasteiger partial charge on any atom is -0.383 e. The Kier molecular flexibility index (Phi) is 6.27. The molecule has 174 valence electrons. The van der Waals surface area contributed by atoms with Gasteiger partial charge in [0.25, 0.3) is 0 Å². The minimum absolute atomic E-state index is 0.303. The highest BCUT2D eigenvalue weighted by Gasteiger charge is 2.25. The molecule has 0 bridgehead atoms. The van der Waals surface area contributed by atoms with Crippen LogP contribution in [0.15, 0.2) is 24.8 Å². The number of hydrogen-bond donors (Lipinski definition) is 1. The van der Waals surface area contributed by atoms with E-state index in [-0.39, 0.29) is 0 Å². The summed E-state index contributed by atoms with van der Waals surface area (Å²) >= 11 is 1.81. The molecule has 33 heavy (non-hydrogen) atoms. The summed E-state index contributed by atoms with van der Waals surface area (Å²) in [6.45, 7) is 10.5. The lowest BCUT2D eigenvalue weighted by atomic mass is 9.96. The summed E-state index contributed by atoms with van der Waals surface area (Å²) in [6, 6.07) is 2.14. The fourth-order valence-corrected chi connectivity index (χ4v) is 5.87. The van der Waals surface area contributed by atoms with Crippen LogP contribution in [-0.4, -0.2) is 68.0 Å². The lowest BCUT2D eigenvalue weighted by Crippen LogP contribution is -2.35. The molecule has 0 atom stereocenters. The van der Waals surface area contributed by atoms with Crippen LogP contribution in [0, 0.1) is 6.92 Å². The molecule has 1 saturated heterocycles. The molecule has 0 amide bonds. The molecule has 1 aliphatic heterocycles. The Bertz CT molecular complexity index is 1230. The number of thiazole rings is 1. The molecule has 4 aromatic heterocycles. The van der Waals surface area contributed by atoms with Gasteiger partial charge in [0.05, 0.1) is 18.0 Å². The van der Waals surface area contributed by atoms with Crippen molar-refractivity contribution >= 4 is 17.0 Å². The Morgan fingerprint density at radius 1 is 1.24 bits per heavy atom. The molecule has 5 heterocycles. The highest BCUT2D eigenvalue weighted by atomic mass is 32.1. The van der Waals surface area contributed by atoms with Crippen molar-refractivity contribution in [3.05, 3.63) is 40.8 Å². The van der Waals surface area contributed by atoms with Gasteiger partial charge in [-0.15, -0.1) is 11.3 Å². The van der Waals surface area contributed by atoms with Crippen LogP contribution >= 0.6 is 11.3 Å². The minimum atomic E-state index is 0.303. The first kappa shape index (κ1) is 22.2. The van der Waals surface area contributed by atoms with E-state index >= 15 is 0 Å². The highest BCUT2D eigenvalue weighted by molar-refractivity contribution is 7.15. The summed E-state index contributed by atoms with van der Waals surface area (Å²) in [6.07, 6.45) is 8.02. The lowest BCUT2D eigenvalue weighted by molar-refractivity contribution is 0.130. The third-order valence-corrected chi connectivity index (χ3v) is 7.73. The number of piperidine rings is 1. The summed E-state index contributed by atoms with van der Waals surface area (Å²) in [5, 5.41) is 13.4. The molecule has 9 heteroatoms. The molecule has 0 aliphatic carbocycles. The standard InChI is InChI=1S/C24H31N7OS/c1-15(2)20-21(18-11-16(3)23-26-14-27-31(23)13-18)28-29-22(20)24-25-12-19(33-24)17-5-7-30(8-6-17)9-10-32-4/h11-15,17H,5-10H2,1-4H3,(H,28,29). The van der Waals surface area contributed by atoms with Crippen molar-refractivity contribution in [2.24, 2.45) is 0 Å². The molecule has 0 saturated carbocycles. The number of aromatic nitrogens is 6. The van der Waals surface area contributed by atoms with Gasteiger partial charge in [0, 0.05) is 42.1 Å². The summed E-state index contributed by atoms with van der Waals surface area (Å²) in [7, 11) is 1.77. The number of pyridine rings is 1. The fourth-order valence-electron chi connectivity index (χ4n) is 4.77. The van der Waals surface area contributed by atoms with Gasteiger partial charge < -0.3 is 9.64 Å². The second-order valence-electron chi connectivity index (χ2n) is 9.13. The van der Waals surface area contributed by atoms with E-state index in [9.17, 15) is 0 Å². The van der Waals surface area contributed by atoms with Crippen LogP contribution in [0.4, 0.5) is 0 Å². The maximum Gasteiger partial charge on any atom is 0.158 e. The van der Waals surface area contributed by atoms with Crippen molar-refractivity contribution in [3.8, 4) is 22.0 Å². The van der Waals surface area contributed by atoms with Crippen molar-refractivity contribution in [1.82, 2.24) is 34.7 Å². The Hall–Kier alpha value is -2.62. The molecule has 1 N–H and O–H groups in total. The summed E-state index contributed by atoms with van der Waals surface area (Å²) in [5.74, 6) is 0.884. The van der Waals surface area contributed by atoms with E-state index in [0.717, 1.165) is 59.4 Å². The second kappa shape index (κ2) is 9.32. The molecular formula is C24H31N7OS. The highest BCUT2D eigenvalue weighted by Crippen LogP contribution is 2.40. The fraction of sp³-hybridized carbons (Fsp3) is 0.500. The Balaban J connectivity index is 1.42. The summed E-state index contributed by atoms with van der Waals surface area (Å²) in [4.78, 5) is 13.0. The molecule has 0 aromatic carbocycles. The van der Waals surface area contributed by atoms with E-state index in [1.165, 1.54) is 23.3 Å². The molecular weight excluding hydrogens is 434 g/mol. The van der Waals surface area contributed by atoms with Crippen molar-refractivity contribution in [2.45, 2.75) is 45.4 Å². The first-order valence-electron chi connectivity index (χ1n) is 11.6. The molecule has 0 radical (unpaired) electrons. The van der Waals surface area contributed by atoms with Gasteiger partial charge in [-0.3, -0.25) is 5.10 Å². The number of methoxy groups -OCH3 is 1. The van der Waals surface area contributed by atoms with Gasteiger partial charge >= 0.3 is 0 Å². The maximum atomic E-state index is 5.23. The molecule has 4 aromatic rings. The van der Waals surface area contributed by atoms with Crippen molar-refractivity contribution in [2.75, 3.05) is 33.4 Å². The van der Waals surface area contributed by atoms with Gasteiger partial charge in [-0.25, -0.2) is 14.5 Å². The van der Waals surface area contributed by atoms with Gasteiger partial charge in [-0.2, -0.15) is 10.2 Å². The van der Waals surface area contributed by atoms with Crippen LogP contribution in [0.25, 0.3) is 27.6 Å². The average molecular weight is 466 g/mol. The van der Waals surface area contributed by atoms with E-state index in [1.54, 1.807) is 24.8 Å². The summed E-state index contributed by atoms with van der Waals surface area (Å²) < 4.78 is 7.05. The second-order valence-corrected chi connectivity index (χ2v) is 10.2. The smallest absolute Gasteiger partial charge is 0.158 e. The molecule has 0 spiro atoms. The maximum absolute atomic E-state index is 5.23. The first-order valence-corrected chi connectivity index (χ1v) is 12.4. The number of hydrogen-bond acceptors (Lipinski definition) is 7. The van der Waals surface area contributed by atoms with Gasteiger partial charge in [0.2, 0.25) is 0 Å². The number of nitrogens with one attached hydrogen (secondary N) is 1. The lowest BCUT2D eigenvalue weighted by Gasteiger charge is -2.31. The SMILES string of the molecule is COCCN1CCC(c2cnc(-c3[nH]nc(-c4cc(C)c5ncnn5c4)c3C(C)C)s2)CC1. The van der Waals surface area contributed by atoms with Gasteiger partial charge in [-0.1, -0.05) is 13.8 Å². The monoisotopic (exact) mass is 465 g/mol.